The van der Waals surface area contributed by atoms with Gasteiger partial charge in [0.25, 0.3) is 0 Å². The van der Waals surface area contributed by atoms with E-state index >= 15 is 0 Å². The van der Waals surface area contributed by atoms with Crippen molar-refractivity contribution in [2.45, 2.75) is 0 Å². The second-order valence-corrected chi connectivity index (χ2v) is 7.07. The topological polar surface area (TPSA) is 88.2 Å². The van der Waals surface area contributed by atoms with Gasteiger partial charge in [-0.05, 0) is 30.3 Å². The minimum absolute atomic E-state index is 0.673. The van der Waals surface area contributed by atoms with Gasteiger partial charge in [-0.25, -0.2) is 4.98 Å². The van der Waals surface area contributed by atoms with Crippen LogP contribution < -0.4 is 15.0 Å². The Hall–Kier alpha value is -3.65. The van der Waals surface area contributed by atoms with E-state index in [4.69, 9.17) is 19.4 Å². The number of aromatic amines is 1. The smallest absolute Gasteiger partial charge is 0.228 e. The molecule has 8 nitrogen and oxygen atoms in total. The molecule has 5 rings (SSSR count). The molecule has 1 aliphatic heterocycles. The van der Waals surface area contributed by atoms with Gasteiger partial charge in [-0.2, -0.15) is 10.1 Å². The highest BCUT2D eigenvalue weighted by molar-refractivity contribution is 5.83. The minimum Gasteiger partial charge on any atom is -0.497 e. The van der Waals surface area contributed by atoms with E-state index in [1.54, 1.807) is 13.3 Å². The molecule has 1 aliphatic rings. The van der Waals surface area contributed by atoms with E-state index in [1.165, 1.54) is 0 Å². The molecule has 0 radical (unpaired) electrons. The Labute approximate surface area is 173 Å². The maximum Gasteiger partial charge on any atom is 0.228 e. The molecule has 152 valence electrons. The lowest BCUT2D eigenvalue weighted by molar-refractivity contribution is 0.122. The maximum absolute atomic E-state index is 5.49. The highest BCUT2D eigenvalue weighted by Crippen LogP contribution is 2.28. The first kappa shape index (κ1) is 18.4. The first-order valence-electron chi connectivity index (χ1n) is 9.85. The number of nitrogens with zero attached hydrogens (tertiary/aromatic N) is 4. The molecular weight excluding hydrogens is 380 g/mol. The molecule has 0 unspecified atom stereocenters. The molecule has 1 saturated heterocycles. The van der Waals surface area contributed by atoms with Crippen molar-refractivity contribution in [1.29, 1.82) is 0 Å². The average molecular weight is 402 g/mol. The molecule has 3 heterocycles. The van der Waals surface area contributed by atoms with E-state index in [-0.39, 0.29) is 0 Å². The van der Waals surface area contributed by atoms with Crippen molar-refractivity contribution in [3.63, 3.8) is 0 Å². The lowest BCUT2D eigenvalue weighted by atomic mass is 10.1. The van der Waals surface area contributed by atoms with Crippen molar-refractivity contribution >= 4 is 28.4 Å². The van der Waals surface area contributed by atoms with Crippen LogP contribution in [0, 0.1) is 0 Å². The first-order valence-corrected chi connectivity index (χ1v) is 9.85. The van der Waals surface area contributed by atoms with E-state index < -0.39 is 0 Å². The summed E-state index contributed by atoms with van der Waals surface area (Å²) in [5.41, 5.74) is 3.73. The van der Waals surface area contributed by atoms with Gasteiger partial charge >= 0.3 is 0 Å². The monoisotopic (exact) mass is 402 g/mol. The third kappa shape index (κ3) is 3.77. The van der Waals surface area contributed by atoms with Crippen LogP contribution in [0.15, 0.2) is 54.7 Å². The van der Waals surface area contributed by atoms with Crippen molar-refractivity contribution in [1.82, 2.24) is 20.2 Å². The number of hydrogen-bond donors (Lipinski definition) is 2. The number of fused-ring (bicyclic) bond motifs is 1. The third-order valence-electron chi connectivity index (χ3n) is 5.09. The lowest BCUT2D eigenvalue weighted by Crippen LogP contribution is -2.37. The number of H-pyrrole nitrogens is 1. The molecule has 0 atom stereocenters. The Kier molecular flexibility index (Phi) is 4.90. The van der Waals surface area contributed by atoms with Crippen molar-refractivity contribution < 1.29 is 9.47 Å². The molecule has 0 spiro atoms. The van der Waals surface area contributed by atoms with Crippen LogP contribution in [0.25, 0.3) is 22.2 Å². The lowest BCUT2D eigenvalue weighted by Gasteiger charge is -2.27. The van der Waals surface area contributed by atoms with E-state index in [2.05, 4.69) is 20.4 Å². The Morgan fingerprint density at radius 1 is 1.07 bits per heavy atom. The number of methoxy groups -OCH3 is 1. The zero-order valence-corrected chi connectivity index (χ0v) is 16.6. The molecule has 0 saturated carbocycles. The molecule has 0 aliphatic carbocycles. The molecule has 2 aromatic heterocycles. The van der Waals surface area contributed by atoms with Gasteiger partial charge in [0, 0.05) is 35.8 Å². The molecule has 0 amide bonds. The number of aromatic nitrogens is 4. The van der Waals surface area contributed by atoms with Crippen LogP contribution >= 0.6 is 0 Å². The highest BCUT2D eigenvalue weighted by Gasteiger charge is 2.17. The summed E-state index contributed by atoms with van der Waals surface area (Å²) in [7, 11) is 1.66. The third-order valence-corrected chi connectivity index (χ3v) is 5.09. The fourth-order valence-electron chi connectivity index (χ4n) is 3.50. The number of anilines is 3. The van der Waals surface area contributed by atoms with Crippen LogP contribution in [0.2, 0.25) is 0 Å². The summed E-state index contributed by atoms with van der Waals surface area (Å²) >= 11 is 0. The Morgan fingerprint density at radius 2 is 1.97 bits per heavy atom. The summed E-state index contributed by atoms with van der Waals surface area (Å²) in [6.07, 6.45) is 1.81. The van der Waals surface area contributed by atoms with Crippen LogP contribution in [0.1, 0.15) is 0 Å². The van der Waals surface area contributed by atoms with Gasteiger partial charge in [0.1, 0.15) is 11.6 Å². The standard InChI is InChI=1S/C22H22N6O2/c1-29-18-4-2-3-15(12-18)20-13-21(26-22(25-20)28-7-9-30-10-8-28)24-17-5-6-19-16(11-17)14-23-27-19/h2-6,11-14H,7-10H2,1H3,(H,23,27)(H,24,25,26). The Bertz CT molecular complexity index is 1170. The van der Waals surface area contributed by atoms with Gasteiger partial charge in [-0.15, -0.1) is 0 Å². The predicted molar refractivity (Wildman–Crippen MR) is 116 cm³/mol. The van der Waals surface area contributed by atoms with Crippen LogP contribution in [-0.2, 0) is 4.74 Å². The summed E-state index contributed by atoms with van der Waals surface area (Å²) in [5, 5.41) is 11.5. The van der Waals surface area contributed by atoms with Gasteiger partial charge < -0.3 is 19.7 Å². The van der Waals surface area contributed by atoms with Crippen molar-refractivity contribution in [3.8, 4) is 17.0 Å². The molecule has 4 aromatic rings. The van der Waals surface area contributed by atoms with Crippen LogP contribution in [-0.4, -0.2) is 53.6 Å². The fourth-order valence-corrected chi connectivity index (χ4v) is 3.50. The molecular formula is C22H22N6O2. The van der Waals surface area contributed by atoms with Gasteiger partial charge in [0.05, 0.1) is 37.7 Å². The maximum atomic E-state index is 5.49. The number of rotatable bonds is 5. The summed E-state index contributed by atoms with van der Waals surface area (Å²) < 4.78 is 10.9. The van der Waals surface area contributed by atoms with Crippen LogP contribution in [0.5, 0.6) is 5.75 Å². The highest BCUT2D eigenvalue weighted by atomic mass is 16.5. The fraction of sp³-hybridized carbons (Fsp3) is 0.227. The molecule has 2 N–H and O–H groups in total. The second-order valence-electron chi connectivity index (χ2n) is 7.07. The first-order chi connectivity index (χ1) is 14.8. The molecule has 8 heteroatoms. The van der Waals surface area contributed by atoms with E-state index in [0.717, 1.165) is 52.5 Å². The van der Waals surface area contributed by atoms with Crippen molar-refractivity contribution in [2.24, 2.45) is 0 Å². The van der Waals surface area contributed by atoms with Gasteiger partial charge in [0.2, 0.25) is 5.95 Å². The van der Waals surface area contributed by atoms with Crippen LogP contribution in [0.4, 0.5) is 17.5 Å². The van der Waals surface area contributed by atoms with Crippen molar-refractivity contribution in [3.05, 3.63) is 54.7 Å². The normalized spacial score (nSPS) is 14.1. The Balaban J connectivity index is 1.54. The molecule has 30 heavy (non-hydrogen) atoms. The van der Waals surface area contributed by atoms with Crippen molar-refractivity contribution in [2.75, 3.05) is 43.6 Å². The molecule has 0 bridgehead atoms. The zero-order valence-electron chi connectivity index (χ0n) is 16.6. The molecule has 2 aromatic carbocycles. The quantitative estimate of drug-likeness (QED) is 0.527. The summed E-state index contributed by atoms with van der Waals surface area (Å²) in [6.45, 7) is 2.88. The largest absolute Gasteiger partial charge is 0.497 e. The average Bonchev–Trinajstić information content (AvgIpc) is 3.27. The number of nitrogens with one attached hydrogen (secondary N) is 2. The predicted octanol–water partition coefficient (Wildman–Crippen LogP) is 3.61. The van der Waals surface area contributed by atoms with E-state index in [9.17, 15) is 0 Å². The number of benzene rings is 2. The van der Waals surface area contributed by atoms with Gasteiger partial charge in [0.15, 0.2) is 0 Å². The van der Waals surface area contributed by atoms with Gasteiger partial charge in [-0.1, -0.05) is 12.1 Å². The number of hydrogen-bond acceptors (Lipinski definition) is 7. The number of morpholine rings is 1. The number of ether oxygens (including phenoxy) is 2. The second kappa shape index (κ2) is 8.00. The summed E-state index contributed by atoms with van der Waals surface area (Å²) in [6, 6.07) is 15.9. The molecule has 1 fully saturated rings. The van der Waals surface area contributed by atoms with E-state index in [1.807, 2.05) is 48.5 Å². The SMILES string of the molecule is COc1cccc(-c2cc(Nc3ccc4[nH]ncc4c3)nc(N3CCOCC3)n2)c1. The zero-order chi connectivity index (χ0) is 20.3. The van der Waals surface area contributed by atoms with Gasteiger partial charge in [-0.3, -0.25) is 5.10 Å². The van der Waals surface area contributed by atoms with Crippen LogP contribution in [0.3, 0.4) is 0 Å². The minimum atomic E-state index is 0.673. The van der Waals surface area contributed by atoms with E-state index in [0.29, 0.717) is 19.2 Å². The Morgan fingerprint density at radius 3 is 2.83 bits per heavy atom. The summed E-state index contributed by atoms with van der Waals surface area (Å²) in [5.74, 6) is 2.21. The summed E-state index contributed by atoms with van der Waals surface area (Å²) in [4.78, 5) is 11.8.